The quantitative estimate of drug-likeness (QED) is 0.331. The van der Waals surface area contributed by atoms with Crippen LogP contribution in [-0.2, 0) is 16.1 Å². The second-order valence-corrected chi connectivity index (χ2v) is 8.28. The van der Waals surface area contributed by atoms with Gasteiger partial charge in [-0.1, -0.05) is 54.1 Å². The minimum atomic E-state index is -0.536. The SMILES string of the molecule is Cc1nn(-c2cccc(Cl)c2)c([O-])c1C1=C([n+]2ccccc2)C(=O)N(Cc2ccccc2)C1=O. The molecule has 2 amide bonds. The summed E-state index contributed by atoms with van der Waals surface area (Å²) < 4.78 is 2.77. The molecule has 0 aliphatic carbocycles. The Bertz CT molecular complexity index is 1450. The highest BCUT2D eigenvalue weighted by Crippen LogP contribution is 2.37. The van der Waals surface area contributed by atoms with Gasteiger partial charge < -0.3 is 5.11 Å². The fourth-order valence-corrected chi connectivity index (χ4v) is 4.25. The summed E-state index contributed by atoms with van der Waals surface area (Å²) in [5.41, 5.74) is 1.87. The molecule has 1 aliphatic rings. The lowest BCUT2D eigenvalue weighted by atomic mass is 10.0. The van der Waals surface area contributed by atoms with Crippen molar-refractivity contribution in [3.63, 3.8) is 0 Å². The number of aryl methyl sites for hydroxylation is 1. The summed E-state index contributed by atoms with van der Waals surface area (Å²) in [5, 5.41) is 18.3. The molecular weight excluding hydrogens is 452 g/mol. The Morgan fingerprint density at radius 2 is 1.65 bits per heavy atom. The molecule has 0 atom stereocenters. The number of aromatic nitrogens is 3. The Hall–Kier alpha value is -4.23. The molecule has 34 heavy (non-hydrogen) atoms. The van der Waals surface area contributed by atoms with E-state index in [1.165, 1.54) is 4.68 Å². The molecule has 7 nitrogen and oxygen atoms in total. The van der Waals surface area contributed by atoms with E-state index in [1.807, 2.05) is 30.3 Å². The molecule has 1 aliphatic heterocycles. The standard InChI is InChI=1S/C26H19ClN4O3/c1-17-21(25(33)31(28-17)20-12-8-11-19(27)15-20)22-23(29-13-6-3-7-14-29)26(34)30(24(22)32)16-18-9-4-2-5-10-18/h2-15H,16H2,1H3. The zero-order chi connectivity index (χ0) is 23.8. The first kappa shape index (κ1) is 21.6. The van der Waals surface area contributed by atoms with Crippen LogP contribution in [0.3, 0.4) is 0 Å². The first-order valence-electron chi connectivity index (χ1n) is 10.6. The van der Waals surface area contributed by atoms with Crippen molar-refractivity contribution in [2.45, 2.75) is 13.5 Å². The summed E-state index contributed by atoms with van der Waals surface area (Å²) >= 11 is 6.10. The summed E-state index contributed by atoms with van der Waals surface area (Å²) in [7, 11) is 0. The van der Waals surface area contributed by atoms with Gasteiger partial charge in [0.1, 0.15) is 5.57 Å². The van der Waals surface area contributed by atoms with Gasteiger partial charge in [-0.15, -0.1) is 0 Å². The highest BCUT2D eigenvalue weighted by atomic mass is 35.5. The van der Waals surface area contributed by atoms with E-state index in [9.17, 15) is 14.7 Å². The van der Waals surface area contributed by atoms with Gasteiger partial charge in [0.25, 0.3) is 11.6 Å². The highest BCUT2D eigenvalue weighted by molar-refractivity contribution is 6.44. The third kappa shape index (κ3) is 3.66. The summed E-state index contributed by atoms with van der Waals surface area (Å²) in [6.45, 7) is 1.74. The van der Waals surface area contributed by atoms with Crippen LogP contribution in [0.5, 0.6) is 5.88 Å². The van der Waals surface area contributed by atoms with E-state index < -0.39 is 17.7 Å². The topological polar surface area (TPSA) is 82.1 Å². The van der Waals surface area contributed by atoms with Crippen LogP contribution in [0, 0.1) is 6.92 Å². The van der Waals surface area contributed by atoms with Gasteiger partial charge in [0.15, 0.2) is 12.4 Å². The van der Waals surface area contributed by atoms with E-state index in [1.54, 1.807) is 66.3 Å². The number of carbonyl (C=O) groups excluding carboxylic acids is 2. The predicted octanol–water partition coefficient (Wildman–Crippen LogP) is 3.13. The monoisotopic (exact) mass is 470 g/mol. The number of nitrogens with zero attached hydrogens (tertiary/aromatic N) is 4. The van der Waals surface area contributed by atoms with Crippen LogP contribution in [-0.4, -0.2) is 26.5 Å². The van der Waals surface area contributed by atoms with Crippen LogP contribution in [0.15, 0.2) is 85.2 Å². The van der Waals surface area contributed by atoms with Crippen molar-refractivity contribution in [1.82, 2.24) is 14.7 Å². The van der Waals surface area contributed by atoms with Crippen LogP contribution < -0.4 is 9.67 Å². The van der Waals surface area contributed by atoms with E-state index >= 15 is 0 Å². The Labute approximate surface area is 200 Å². The van der Waals surface area contributed by atoms with E-state index in [0.717, 1.165) is 10.5 Å². The maximum atomic E-state index is 13.6. The molecular formula is C26H19ClN4O3. The molecule has 0 spiro atoms. The molecule has 8 heteroatoms. The molecule has 5 rings (SSSR count). The van der Waals surface area contributed by atoms with Crippen molar-refractivity contribution in [3.8, 4) is 11.6 Å². The fraction of sp³-hybridized carbons (Fsp3) is 0.0769. The second kappa shape index (κ2) is 8.61. The average molecular weight is 471 g/mol. The highest BCUT2D eigenvalue weighted by Gasteiger charge is 2.46. The number of halogens is 1. The zero-order valence-corrected chi connectivity index (χ0v) is 18.9. The lowest BCUT2D eigenvalue weighted by molar-refractivity contribution is -0.576. The second-order valence-electron chi connectivity index (χ2n) is 7.85. The first-order chi connectivity index (χ1) is 16.5. The number of imide groups is 1. The number of hydrogen-bond donors (Lipinski definition) is 0. The molecule has 0 fully saturated rings. The van der Waals surface area contributed by atoms with Gasteiger partial charge in [-0.05, 0) is 36.6 Å². The predicted molar refractivity (Wildman–Crippen MR) is 125 cm³/mol. The number of rotatable bonds is 5. The number of benzene rings is 2. The summed E-state index contributed by atoms with van der Waals surface area (Å²) in [6.07, 6.45) is 3.35. The molecule has 4 aromatic rings. The van der Waals surface area contributed by atoms with Gasteiger partial charge in [-0.25, -0.2) is 4.68 Å². The van der Waals surface area contributed by atoms with E-state index in [-0.39, 0.29) is 23.4 Å². The number of carbonyl (C=O) groups is 2. The molecule has 3 heterocycles. The maximum Gasteiger partial charge on any atom is 0.327 e. The largest absolute Gasteiger partial charge is 0.858 e. The smallest absolute Gasteiger partial charge is 0.327 e. The molecule has 2 aromatic carbocycles. The number of hydrogen-bond acceptors (Lipinski definition) is 4. The maximum absolute atomic E-state index is 13.6. The van der Waals surface area contributed by atoms with Crippen LogP contribution in [0.2, 0.25) is 5.02 Å². The van der Waals surface area contributed by atoms with Crippen LogP contribution in [0.4, 0.5) is 0 Å². The van der Waals surface area contributed by atoms with Crippen LogP contribution in [0.1, 0.15) is 16.8 Å². The van der Waals surface area contributed by atoms with Crippen molar-refractivity contribution in [3.05, 3.63) is 107 Å². The minimum Gasteiger partial charge on any atom is -0.858 e. The number of amides is 2. The summed E-state index contributed by atoms with van der Waals surface area (Å²) in [6, 6.07) is 21.3. The van der Waals surface area contributed by atoms with E-state index in [4.69, 9.17) is 11.6 Å². The Balaban J connectivity index is 1.68. The molecule has 0 saturated carbocycles. The van der Waals surface area contributed by atoms with Gasteiger partial charge in [0, 0.05) is 22.7 Å². The van der Waals surface area contributed by atoms with Crippen molar-refractivity contribution >= 4 is 34.7 Å². The van der Waals surface area contributed by atoms with E-state index in [0.29, 0.717) is 16.4 Å². The fourth-order valence-electron chi connectivity index (χ4n) is 4.06. The Morgan fingerprint density at radius 1 is 0.941 bits per heavy atom. The van der Waals surface area contributed by atoms with Crippen molar-refractivity contribution in [1.29, 1.82) is 0 Å². The molecule has 0 unspecified atom stereocenters. The Kier molecular flexibility index (Phi) is 5.47. The van der Waals surface area contributed by atoms with Crippen LogP contribution >= 0.6 is 11.6 Å². The molecule has 0 radical (unpaired) electrons. The third-order valence-corrected chi connectivity index (χ3v) is 5.86. The lowest BCUT2D eigenvalue weighted by Gasteiger charge is -2.15. The molecule has 0 N–H and O–H groups in total. The first-order valence-corrected chi connectivity index (χ1v) is 11.0. The third-order valence-electron chi connectivity index (χ3n) is 5.62. The van der Waals surface area contributed by atoms with E-state index in [2.05, 4.69) is 5.10 Å². The van der Waals surface area contributed by atoms with Crippen LogP contribution in [0.25, 0.3) is 17.0 Å². The summed E-state index contributed by atoms with van der Waals surface area (Å²) in [5.74, 6) is -1.51. The molecule has 0 saturated heterocycles. The average Bonchev–Trinajstić information content (AvgIpc) is 3.27. The van der Waals surface area contributed by atoms with Gasteiger partial charge in [-0.2, -0.15) is 9.67 Å². The van der Waals surface area contributed by atoms with Crippen molar-refractivity contribution < 1.29 is 19.3 Å². The van der Waals surface area contributed by atoms with Crippen molar-refractivity contribution in [2.24, 2.45) is 0 Å². The van der Waals surface area contributed by atoms with Gasteiger partial charge in [-0.3, -0.25) is 14.5 Å². The Morgan fingerprint density at radius 3 is 2.35 bits per heavy atom. The lowest BCUT2D eigenvalue weighted by Crippen LogP contribution is -2.39. The van der Waals surface area contributed by atoms with Gasteiger partial charge in [0.05, 0.1) is 17.9 Å². The van der Waals surface area contributed by atoms with Gasteiger partial charge in [0.2, 0.25) is 0 Å². The summed E-state index contributed by atoms with van der Waals surface area (Å²) in [4.78, 5) is 28.3. The normalized spacial score (nSPS) is 13.8. The minimum absolute atomic E-state index is 0.0351. The number of pyridine rings is 1. The van der Waals surface area contributed by atoms with Crippen molar-refractivity contribution in [2.75, 3.05) is 0 Å². The zero-order valence-electron chi connectivity index (χ0n) is 18.2. The molecule has 2 aromatic heterocycles. The molecule has 0 bridgehead atoms. The molecule has 168 valence electrons. The van der Waals surface area contributed by atoms with Gasteiger partial charge >= 0.3 is 5.91 Å².